The molecule has 2 rings (SSSR count). The first-order valence-corrected chi connectivity index (χ1v) is 7.38. The second-order valence-corrected chi connectivity index (χ2v) is 5.93. The second-order valence-electron chi connectivity index (χ2n) is 5.93. The smallest absolute Gasteiger partial charge is 0.317 e. The minimum atomic E-state index is 0.0334. The number of carbonyl (C=O) groups is 1. The van der Waals surface area contributed by atoms with Gasteiger partial charge in [0.25, 0.3) is 0 Å². The summed E-state index contributed by atoms with van der Waals surface area (Å²) in [7, 11) is 0. The monoisotopic (exact) mass is 254 g/mol. The van der Waals surface area contributed by atoms with E-state index in [0.29, 0.717) is 6.04 Å². The first-order chi connectivity index (χ1) is 8.70. The Morgan fingerprint density at radius 1 is 1.22 bits per heavy atom. The number of likely N-dealkylation sites (tertiary alicyclic amines) is 1. The zero-order chi connectivity index (χ0) is 13.0. The summed E-state index contributed by atoms with van der Waals surface area (Å²) in [4.78, 5) is 14.0. The van der Waals surface area contributed by atoms with E-state index in [1.807, 2.05) is 4.90 Å². The summed E-state index contributed by atoms with van der Waals surface area (Å²) in [5.74, 6) is 0.795. The molecule has 4 heteroatoms. The van der Waals surface area contributed by atoms with Gasteiger partial charge in [0, 0.05) is 12.6 Å². The van der Waals surface area contributed by atoms with Crippen LogP contribution in [0.2, 0.25) is 0 Å². The van der Waals surface area contributed by atoms with Gasteiger partial charge in [-0.1, -0.05) is 19.8 Å². The molecule has 18 heavy (non-hydrogen) atoms. The molecule has 0 aromatic rings. The zero-order valence-corrected chi connectivity index (χ0v) is 11.4. The van der Waals surface area contributed by atoms with Crippen LogP contribution in [0.4, 0.5) is 4.79 Å². The zero-order valence-electron chi connectivity index (χ0n) is 11.4. The van der Waals surface area contributed by atoms with E-state index in [2.05, 4.69) is 12.2 Å². The minimum absolute atomic E-state index is 0.0334. The second kappa shape index (κ2) is 6.41. The number of amides is 2. The van der Waals surface area contributed by atoms with Crippen molar-refractivity contribution < 1.29 is 9.90 Å². The number of urea groups is 1. The highest BCUT2D eigenvalue weighted by Crippen LogP contribution is 2.23. The van der Waals surface area contributed by atoms with Crippen LogP contribution in [0, 0.1) is 5.92 Å². The first-order valence-electron chi connectivity index (χ1n) is 7.38. The molecule has 2 fully saturated rings. The Morgan fingerprint density at radius 2 is 2.06 bits per heavy atom. The fourth-order valence-electron chi connectivity index (χ4n) is 3.18. The number of hydrogen-bond donors (Lipinski definition) is 2. The van der Waals surface area contributed by atoms with E-state index in [1.54, 1.807) is 0 Å². The van der Waals surface area contributed by atoms with Crippen LogP contribution in [0.15, 0.2) is 0 Å². The Bertz CT molecular complexity index is 283. The maximum atomic E-state index is 12.2. The number of nitrogens with zero attached hydrogens (tertiary/aromatic N) is 1. The van der Waals surface area contributed by atoms with Gasteiger partial charge in [-0.3, -0.25) is 0 Å². The molecule has 0 bridgehead atoms. The van der Waals surface area contributed by atoms with Gasteiger partial charge in [0.2, 0.25) is 0 Å². The summed E-state index contributed by atoms with van der Waals surface area (Å²) >= 11 is 0. The van der Waals surface area contributed by atoms with E-state index >= 15 is 0 Å². The lowest BCUT2D eigenvalue weighted by Gasteiger charge is -2.26. The maximum absolute atomic E-state index is 12.2. The fourth-order valence-corrected chi connectivity index (χ4v) is 3.18. The van der Waals surface area contributed by atoms with Crippen LogP contribution in [0.1, 0.15) is 51.9 Å². The van der Waals surface area contributed by atoms with Gasteiger partial charge in [-0.2, -0.15) is 0 Å². The minimum Gasteiger partial charge on any atom is -0.394 e. The number of aliphatic hydroxyl groups excluding tert-OH is 1. The first kappa shape index (κ1) is 13.7. The summed E-state index contributed by atoms with van der Waals surface area (Å²) in [6.07, 6.45) is 7.88. The molecule has 2 aliphatic rings. The molecule has 1 aliphatic heterocycles. The lowest BCUT2D eigenvalue weighted by atomic mass is 10.0. The molecular weight excluding hydrogens is 228 g/mol. The van der Waals surface area contributed by atoms with Gasteiger partial charge in [-0.15, -0.1) is 0 Å². The predicted octanol–water partition coefficient (Wildman–Crippen LogP) is 2.12. The number of hydrogen-bond acceptors (Lipinski definition) is 2. The molecule has 0 radical (unpaired) electrons. The van der Waals surface area contributed by atoms with Gasteiger partial charge >= 0.3 is 6.03 Å². The largest absolute Gasteiger partial charge is 0.394 e. The molecule has 1 heterocycles. The van der Waals surface area contributed by atoms with Crippen molar-refractivity contribution >= 4 is 6.03 Å². The van der Waals surface area contributed by atoms with Crippen molar-refractivity contribution in [1.29, 1.82) is 0 Å². The highest BCUT2D eigenvalue weighted by atomic mass is 16.3. The van der Waals surface area contributed by atoms with Gasteiger partial charge in [-0.25, -0.2) is 4.79 Å². The van der Waals surface area contributed by atoms with Gasteiger partial charge < -0.3 is 15.3 Å². The Hall–Kier alpha value is -0.770. The van der Waals surface area contributed by atoms with Crippen LogP contribution in [-0.4, -0.2) is 41.3 Å². The van der Waals surface area contributed by atoms with Crippen LogP contribution in [-0.2, 0) is 0 Å². The predicted molar refractivity (Wildman–Crippen MR) is 71.4 cm³/mol. The summed E-state index contributed by atoms with van der Waals surface area (Å²) in [6, 6.07) is 0.406. The van der Waals surface area contributed by atoms with E-state index in [-0.39, 0.29) is 18.7 Å². The summed E-state index contributed by atoms with van der Waals surface area (Å²) in [5, 5.41) is 12.4. The molecule has 1 aliphatic carbocycles. The number of carbonyl (C=O) groups excluding carboxylic acids is 1. The van der Waals surface area contributed by atoms with Crippen molar-refractivity contribution in [1.82, 2.24) is 10.2 Å². The summed E-state index contributed by atoms with van der Waals surface area (Å²) in [6.45, 7) is 3.18. The van der Waals surface area contributed by atoms with Crippen molar-refractivity contribution in [2.45, 2.75) is 64.0 Å². The quantitative estimate of drug-likeness (QED) is 0.742. The molecule has 2 amide bonds. The molecule has 104 valence electrons. The van der Waals surface area contributed by atoms with Gasteiger partial charge in [-0.05, 0) is 38.0 Å². The lowest BCUT2D eigenvalue weighted by molar-refractivity contribution is 0.154. The highest BCUT2D eigenvalue weighted by Gasteiger charge is 2.29. The molecule has 2 N–H and O–H groups in total. The van der Waals surface area contributed by atoms with Crippen LogP contribution >= 0.6 is 0 Å². The summed E-state index contributed by atoms with van der Waals surface area (Å²) in [5.41, 5.74) is 0. The lowest BCUT2D eigenvalue weighted by Crippen LogP contribution is -2.47. The topological polar surface area (TPSA) is 52.6 Å². The normalized spacial score (nSPS) is 33.2. The average Bonchev–Trinajstić information content (AvgIpc) is 2.75. The van der Waals surface area contributed by atoms with E-state index < -0.39 is 0 Å². The Balaban J connectivity index is 1.83. The van der Waals surface area contributed by atoms with Crippen molar-refractivity contribution in [3.63, 3.8) is 0 Å². The van der Waals surface area contributed by atoms with Crippen molar-refractivity contribution in [3.8, 4) is 0 Å². The van der Waals surface area contributed by atoms with Crippen LogP contribution in [0.25, 0.3) is 0 Å². The molecule has 2 unspecified atom stereocenters. The number of rotatable bonds is 2. The van der Waals surface area contributed by atoms with E-state index in [9.17, 15) is 9.90 Å². The van der Waals surface area contributed by atoms with E-state index in [4.69, 9.17) is 0 Å². The van der Waals surface area contributed by atoms with Gasteiger partial charge in [0.15, 0.2) is 0 Å². The highest BCUT2D eigenvalue weighted by molar-refractivity contribution is 5.75. The third-order valence-corrected chi connectivity index (χ3v) is 4.43. The Morgan fingerprint density at radius 3 is 2.83 bits per heavy atom. The molecule has 4 nitrogen and oxygen atoms in total. The molecule has 0 aromatic carbocycles. The Kier molecular flexibility index (Phi) is 4.87. The fraction of sp³-hybridized carbons (Fsp3) is 0.929. The van der Waals surface area contributed by atoms with Crippen molar-refractivity contribution in [2.75, 3.05) is 13.2 Å². The molecule has 3 atom stereocenters. The third-order valence-electron chi connectivity index (χ3n) is 4.43. The third kappa shape index (κ3) is 3.37. The standard InChI is InChI=1S/C14H26N2O2/c1-11-4-2-5-12(8-7-11)15-14(18)16-9-3-6-13(16)10-17/h11-13,17H,2-10H2,1H3,(H,15,18)/t11?,12?,13-/m0/s1. The SMILES string of the molecule is CC1CCCC(NC(=O)N2CCC[C@H]2CO)CC1. The maximum Gasteiger partial charge on any atom is 0.317 e. The molecule has 0 spiro atoms. The Labute approximate surface area is 110 Å². The van der Waals surface area contributed by atoms with Crippen molar-refractivity contribution in [3.05, 3.63) is 0 Å². The van der Waals surface area contributed by atoms with Crippen LogP contribution in [0.5, 0.6) is 0 Å². The van der Waals surface area contributed by atoms with Crippen LogP contribution in [0.3, 0.4) is 0 Å². The van der Waals surface area contributed by atoms with E-state index in [0.717, 1.165) is 38.1 Å². The van der Waals surface area contributed by atoms with Crippen LogP contribution < -0.4 is 5.32 Å². The van der Waals surface area contributed by atoms with Crippen molar-refractivity contribution in [2.24, 2.45) is 5.92 Å². The van der Waals surface area contributed by atoms with Gasteiger partial charge in [0.1, 0.15) is 0 Å². The molecule has 1 saturated heterocycles. The average molecular weight is 254 g/mol. The van der Waals surface area contributed by atoms with E-state index in [1.165, 1.54) is 19.3 Å². The van der Waals surface area contributed by atoms with Gasteiger partial charge in [0.05, 0.1) is 12.6 Å². The molecule has 0 aromatic heterocycles. The molecular formula is C14H26N2O2. The molecule has 1 saturated carbocycles. The number of aliphatic hydroxyl groups is 1. The summed E-state index contributed by atoms with van der Waals surface area (Å²) < 4.78 is 0. The number of nitrogens with one attached hydrogen (secondary N) is 1.